The number of hydrogen-bond donors (Lipinski definition) is 1. The van der Waals surface area contributed by atoms with Crippen LogP contribution in [0.15, 0.2) is 54.6 Å². The summed E-state index contributed by atoms with van der Waals surface area (Å²) in [6.45, 7) is 1.43. The number of nitrogens with one attached hydrogen (secondary N) is 1. The van der Waals surface area contributed by atoms with Crippen molar-refractivity contribution in [2.45, 2.75) is 19.3 Å². The topological polar surface area (TPSA) is 63.2 Å². The highest BCUT2D eigenvalue weighted by atomic mass is 16.1. The van der Waals surface area contributed by atoms with Crippen molar-refractivity contribution in [2.75, 3.05) is 5.32 Å². The summed E-state index contributed by atoms with van der Waals surface area (Å²) in [5, 5.41) is 2.65. The molecule has 2 rings (SSSR count). The second-order valence-corrected chi connectivity index (χ2v) is 4.99. The molecule has 0 aliphatic rings. The molecule has 22 heavy (non-hydrogen) atoms. The molecule has 0 unspecified atom stereocenters. The predicted octanol–water partition coefficient (Wildman–Crippen LogP) is 3.20. The van der Waals surface area contributed by atoms with E-state index in [2.05, 4.69) is 5.32 Å². The van der Waals surface area contributed by atoms with Crippen LogP contribution in [0.2, 0.25) is 0 Å². The molecule has 0 aliphatic heterocycles. The Balaban J connectivity index is 2.23. The first kappa shape index (κ1) is 15.6. The fourth-order valence-electron chi connectivity index (χ4n) is 2.30. The number of aldehydes is 1. The first-order valence-electron chi connectivity index (χ1n) is 7.02. The zero-order valence-electron chi connectivity index (χ0n) is 12.3. The second-order valence-electron chi connectivity index (χ2n) is 4.99. The summed E-state index contributed by atoms with van der Waals surface area (Å²) >= 11 is 0. The summed E-state index contributed by atoms with van der Waals surface area (Å²) < 4.78 is 0. The van der Waals surface area contributed by atoms with Crippen molar-refractivity contribution in [3.8, 4) is 0 Å². The van der Waals surface area contributed by atoms with E-state index in [0.717, 1.165) is 11.8 Å². The van der Waals surface area contributed by atoms with Crippen molar-refractivity contribution < 1.29 is 14.4 Å². The van der Waals surface area contributed by atoms with Crippen LogP contribution in [0, 0.1) is 0 Å². The third-order valence-electron chi connectivity index (χ3n) is 3.34. The van der Waals surface area contributed by atoms with E-state index < -0.39 is 5.92 Å². The maximum Gasteiger partial charge on any atom is 0.221 e. The monoisotopic (exact) mass is 295 g/mol. The largest absolute Gasteiger partial charge is 0.326 e. The van der Waals surface area contributed by atoms with Crippen molar-refractivity contribution in [2.24, 2.45) is 0 Å². The molecule has 112 valence electrons. The SMILES string of the molecule is CC(=O)Nc1ccc(C(=O)[C@@H](CC=O)c2ccccc2)cc1. The van der Waals surface area contributed by atoms with Crippen LogP contribution in [0.5, 0.6) is 0 Å². The normalized spacial score (nSPS) is 11.5. The zero-order chi connectivity index (χ0) is 15.9. The van der Waals surface area contributed by atoms with Gasteiger partial charge in [0.15, 0.2) is 5.78 Å². The molecule has 0 aliphatic carbocycles. The number of benzene rings is 2. The Hall–Kier alpha value is -2.75. The third-order valence-corrected chi connectivity index (χ3v) is 3.34. The summed E-state index contributed by atoms with van der Waals surface area (Å²) in [5.41, 5.74) is 1.98. The Morgan fingerprint density at radius 1 is 1.05 bits per heavy atom. The van der Waals surface area contributed by atoms with Gasteiger partial charge in [-0.1, -0.05) is 30.3 Å². The number of hydrogen-bond acceptors (Lipinski definition) is 3. The molecule has 0 bridgehead atoms. The molecule has 1 atom stereocenters. The molecule has 1 amide bonds. The molecular formula is C18H17NO3. The highest BCUT2D eigenvalue weighted by Gasteiger charge is 2.21. The zero-order valence-corrected chi connectivity index (χ0v) is 12.3. The standard InChI is InChI=1S/C18H17NO3/c1-13(21)19-16-9-7-15(8-10-16)18(22)17(11-12-20)14-5-3-2-4-6-14/h2-10,12,17H,11H2,1H3,(H,19,21)/t17-/m0/s1. The molecule has 2 aromatic rings. The predicted molar refractivity (Wildman–Crippen MR) is 84.9 cm³/mol. The molecule has 0 radical (unpaired) electrons. The smallest absolute Gasteiger partial charge is 0.221 e. The van der Waals surface area contributed by atoms with Crippen LogP contribution in [-0.2, 0) is 9.59 Å². The Kier molecular flexibility index (Phi) is 5.20. The van der Waals surface area contributed by atoms with Crippen molar-refractivity contribution in [1.82, 2.24) is 0 Å². The highest BCUT2D eigenvalue weighted by molar-refractivity contribution is 6.02. The average molecular weight is 295 g/mol. The minimum atomic E-state index is -0.481. The molecule has 4 heteroatoms. The van der Waals surface area contributed by atoms with Crippen LogP contribution >= 0.6 is 0 Å². The van der Waals surface area contributed by atoms with Gasteiger partial charge in [-0.25, -0.2) is 0 Å². The van der Waals surface area contributed by atoms with Gasteiger partial charge in [-0.3, -0.25) is 9.59 Å². The summed E-state index contributed by atoms with van der Waals surface area (Å²) in [5.74, 6) is -0.750. The van der Waals surface area contributed by atoms with Gasteiger partial charge < -0.3 is 10.1 Å². The van der Waals surface area contributed by atoms with E-state index in [0.29, 0.717) is 11.3 Å². The van der Waals surface area contributed by atoms with Gasteiger partial charge in [0.2, 0.25) is 5.91 Å². The van der Waals surface area contributed by atoms with E-state index >= 15 is 0 Å². The molecule has 2 aromatic carbocycles. The molecule has 0 saturated heterocycles. The van der Waals surface area contributed by atoms with Crippen molar-refractivity contribution in [3.05, 3.63) is 65.7 Å². The fourth-order valence-corrected chi connectivity index (χ4v) is 2.30. The van der Waals surface area contributed by atoms with Crippen LogP contribution in [0.25, 0.3) is 0 Å². The quantitative estimate of drug-likeness (QED) is 0.657. The molecule has 0 fully saturated rings. The first-order chi connectivity index (χ1) is 10.6. The lowest BCUT2D eigenvalue weighted by atomic mass is 9.88. The average Bonchev–Trinajstić information content (AvgIpc) is 2.53. The van der Waals surface area contributed by atoms with Crippen molar-refractivity contribution in [3.63, 3.8) is 0 Å². The van der Waals surface area contributed by atoms with Crippen LogP contribution in [0.4, 0.5) is 5.69 Å². The molecule has 0 aromatic heterocycles. The van der Waals surface area contributed by atoms with E-state index in [4.69, 9.17) is 0 Å². The van der Waals surface area contributed by atoms with Gasteiger partial charge in [-0.05, 0) is 29.8 Å². The number of rotatable bonds is 6. The van der Waals surface area contributed by atoms with Crippen molar-refractivity contribution in [1.29, 1.82) is 0 Å². The Morgan fingerprint density at radius 3 is 2.23 bits per heavy atom. The number of carbonyl (C=O) groups is 3. The van der Waals surface area contributed by atoms with Gasteiger partial charge in [0.1, 0.15) is 6.29 Å². The van der Waals surface area contributed by atoms with Gasteiger partial charge in [0.25, 0.3) is 0 Å². The highest BCUT2D eigenvalue weighted by Crippen LogP contribution is 2.24. The Bertz CT molecular complexity index is 662. The molecule has 4 nitrogen and oxygen atoms in total. The van der Waals surface area contributed by atoms with E-state index in [1.165, 1.54) is 6.92 Å². The minimum Gasteiger partial charge on any atom is -0.326 e. The van der Waals surface area contributed by atoms with Crippen LogP contribution in [-0.4, -0.2) is 18.0 Å². The third kappa shape index (κ3) is 3.88. The molecular weight excluding hydrogens is 278 g/mol. The van der Waals surface area contributed by atoms with E-state index in [1.54, 1.807) is 24.3 Å². The second kappa shape index (κ2) is 7.31. The first-order valence-corrected chi connectivity index (χ1v) is 7.02. The lowest BCUT2D eigenvalue weighted by molar-refractivity contribution is -0.114. The number of anilines is 1. The Morgan fingerprint density at radius 2 is 1.68 bits per heavy atom. The van der Waals surface area contributed by atoms with Crippen molar-refractivity contribution >= 4 is 23.7 Å². The fraction of sp³-hybridized carbons (Fsp3) is 0.167. The van der Waals surface area contributed by atoms with Crippen LogP contribution in [0.1, 0.15) is 35.2 Å². The maximum atomic E-state index is 12.6. The number of ketones is 1. The van der Waals surface area contributed by atoms with Gasteiger partial charge >= 0.3 is 0 Å². The number of Topliss-reactive ketones (excluding diaryl/α,β-unsaturated/α-hetero) is 1. The molecule has 0 spiro atoms. The lowest BCUT2D eigenvalue weighted by Gasteiger charge is -2.14. The van der Waals surface area contributed by atoms with E-state index in [9.17, 15) is 14.4 Å². The summed E-state index contributed by atoms with van der Waals surface area (Å²) in [7, 11) is 0. The molecule has 1 N–H and O–H groups in total. The van der Waals surface area contributed by atoms with Gasteiger partial charge in [0, 0.05) is 24.6 Å². The summed E-state index contributed by atoms with van der Waals surface area (Å²) in [6.07, 6.45) is 0.914. The molecule has 0 heterocycles. The lowest BCUT2D eigenvalue weighted by Crippen LogP contribution is -2.14. The van der Waals surface area contributed by atoms with Crippen LogP contribution in [0.3, 0.4) is 0 Å². The maximum absolute atomic E-state index is 12.6. The number of carbonyl (C=O) groups excluding carboxylic acids is 3. The Labute approximate surface area is 129 Å². The van der Waals surface area contributed by atoms with E-state index in [-0.39, 0.29) is 18.1 Å². The van der Waals surface area contributed by atoms with Crippen LogP contribution < -0.4 is 5.32 Å². The van der Waals surface area contributed by atoms with Gasteiger partial charge in [-0.2, -0.15) is 0 Å². The summed E-state index contributed by atoms with van der Waals surface area (Å²) in [4.78, 5) is 34.5. The van der Waals surface area contributed by atoms with Gasteiger partial charge in [-0.15, -0.1) is 0 Å². The molecule has 0 saturated carbocycles. The van der Waals surface area contributed by atoms with E-state index in [1.807, 2.05) is 30.3 Å². The number of amides is 1. The summed E-state index contributed by atoms with van der Waals surface area (Å²) in [6, 6.07) is 15.9. The minimum absolute atomic E-state index is 0.104. The van der Waals surface area contributed by atoms with Gasteiger partial charge in [0.05, 0.1) is 5.92 Å².